The second kappa shape index (κ2) is 9.71. The van der Waals surface area contributed by atoms with Gasteiger partial charge in [-0.1, -0.05) is 62.6 Å². The monoisotopic (exact) mass is 322 g/mol. The van der Waals surface area contributed by atoms with E-state index in [2.05, 4.69) is 19.6 Å². The number of benzene rings is 2. The van der Waals surface area contributed by atoms with Crippen LogP contribution >= 0.6 is 0 Å². The Morgan fingerprint density at radius 2 is 1.83 bits per heavy atom. The van der Waals surface area contributed by atoms with Gasteiger partial charge in [0.05, 0.1) is 12.2 Å². The number of hydrogen-bond acceptors (Lipinski definition) is 2. The van der Waals surface area contributed by atoms with Crippen LogP contribution in [0.5, 0.6) is 5.75 Å². The van der Waals surface area contributed by atoms with Crippen molar-refractivity contribution < 1.29 is 9.53 Å². The first-order valence-corrected chi connectivity index (χ1v) is 8.71. The number of ether oxygens (including phenoxy) is 1. The normalized spacial score (nSPS) is 10.4. The van der Waals surface area contributed by atoms with Crippen LogP contribution in [0.4, 0.5) is 0 Å². The van der Waals surface area contributed by atoms with Crippen molar-refractivity contribution in [3.05, 3.63) is 66.2 Å². The summed E-state index contributed by atoms with van der Waals surface area (Å²) in [6.45, 7) is 6.67. The predicted molar refractivity (Wildman–Crippen MR) is 101 cm³/mol. The van der Waals surface area contributed by atoms with Crippen molar-refractivity contribution in [1.29, 1.82) is 0 Å². The van der Waals surface area contributed by atoms with Gasteiger partial charge in [0.1, 0.15) is 5.75 Å². The lowest BCUT2D eigenvalue weighted by molar-refractivity contribution is 0.111. The van der Waals surface area contributed by atoms with Gasteiger partial charge in [0.15, 0.2) is 6.29 Å². The van der Waals surface area contributed by atoms with E-state index in [4.69, 9.17) is 4.74 Å². The highest BCUT2D eigenvalue weighted by Gasteiger charge is 2.12. The Kier molecular flexibility index (Phi) is 7.28. The minimum atomic E-state index is 0.615. The molecule has 0 heterocycles. The number of hydrogen-bond donors (Lipinski definition) is 0. The number of rotatable bonds is 10. The van der Waals surface area contributed by atoms with Crippen LogP contribution in [0.15, 0.2) is 55.1 Å². The summed E-state index contributed by atoms with van der Waals surface area (Å²) in [4.78, 5) is 11.6. The number of carbonyl (C=O) groups is 1. The van der Waals surface area contributed by atoms with Crippen LogP contribution < -0.4 is 4.74 Å². The standard InChI is InChI=1S/C22H26O2/c1-3-5-6-10-14-24-22-19(11-4-2)15-20(16-21(22)17-23)18-12-8-7-9-13-18/h4,7-9,12-13,15-17H,2-3,5-6,10-11,14H2,1H3. The van der Waals surface area contributed by atoms with E-state index in [0.717, 1.165) is 35.8 Å². The Morgan fingerprint density at radius 3 is 2.50 bits per heavy atom. The molecule has 0 N–H and O–H groups in total. The Labute approximate surface area is 145 Å². The summed E-state index contributed by atoms with van der Waals surface area (Å²) >= 11 is 0. The second-order valence-corrected chi connectivity index (χ2v) is 5.94. The Hall–Kier alpha value is -2.35. The summed E-state index contributed by atoms with van der Waals surface area (Å²) in [5.74, 6) is 0.709. The third-order valence-corrected chi connectivity index (χ3v) is 4.04. The van der Waals surface area contributed by atoms with Crippen molar-refractivity contribution in [1.82, 2.24) is 0 Å². The quantitative estimate of drug-likeness (QED) is 0.311. The fraction of sp³-hybridized carbons (Fsp3) is 0.318. The molecule has 0 saturated carbocycles. The van der Waals surface area contributed by atoms with Gasteiger partial charge in [-0.25, -0.2) is 0 Å². The minimum absolute atomic E-state index is 0.615. The fourth-order valence-electron chi connectivity index (χ4n) is 2.78. The summed E-state index contributed by atoms with van der Waals surface area (Å²) in [5, 5.41) is 0. The Morgan fingerprint density at radius 1 is 1.04 bits per heavy atom. The molecule has 0 fully saturated rings. The van der Waals surface area contributed by atoms with Gasteiger partial charge in [-0.2, -0.15) is 0 Å². The first kappa shape index (κ1) is 18.0. The van der Waals surface area contributed by atoms with E-state index in [1.54, 1.807) is 0 Å². The smallest absolute Gasteiger partial charge is 0.153 e. The van der Waals surface area contributed by atoms with Crippen LogP contribution in [-0.4, -0.2) is 12.9 Å². The average Bonchev–Trinajstić information content (AvgIpc) is 2.63. The zero-order chi connectivity index (χ0) is 17.2. The molecule has 0 saturated heterocycles. The first-order chi connectivity index (χ1) is 11.8. The molecule has 126 valence electrons. The van der Waals surface area contributed by atoms with E-state index in [0.29, 0.717) is 24.3 Å². The predicted octanol–water partition coefficient (Wildman–Crippen LogP) is 5.85. The summed E-state index contributed by atoms with van der Waals surface area (Å²) in [7, 11) is 0. The molecule has 0 amide bonds. The van der Waals surface area contributed by atoms with Crippen molar-refractivity contribution in [2.24, 2.45) is 0 Å². The highest BCUT2D eigenvalue weighted by atomic mass is 16.5. The number of allylic oxidation sites excluding steroid dienone is 1. The van der Waals surface area contributed by atoms with Crippen LogP contribution in [0.1, 0.15) is 48.5 Å². The number of carbonyl (C=O) groups excluding carboxylic acids is 1. The average molecular weight is 322 g/mol. The highest BCUT2D eigenvalue weighted by Crippen LogP contribution is 2.31. The van der Waals surface area contributed by atoms with Crippen molar-refractivity contribution in [2.45, 2.75) is 39.0 Å². The first-order valence-electron chi connectivity index (χ1n) is 8.71. The van der Waals surface area contributed by atoms with Crippen LogP contribution in [0.25, 0.3) is 11.1 Å². The highest BCUT2D eigenvalue weighted by molar-refractivity contribution is 5.84. The summed E-state index contributed by atoms with van der Waals surface area (Å²) < 4.78 is 5.97. The van der Waals surface area contributed by atoms with Crippen molar-refractivity contribution in [3.8, 4) is 16.9 Å². The van der Waals surface area contributed by atoms with Gasteiger partial charge in [0.2, 0.25) is 0 Å². The second-order valence-electron chi connectivity index (χ2n) is 5.94. The van der Waals surface area contributed by atoms with Gasteiger partial charge in [0, 0.05) is 0 Å². The van der Waals surface area contributed by atoms with Crippen LogP contribution in [0, 0.1) is 0 Å². The summed E-state index contributed by atoms with van der Waals surface area (Å²) in [6, 6.07) is 14.1. The van der Waals surface area contributed by atoms with Crippen molar-refractivity contribution in [2.75, 3.05) is 6.61 Å². The van der Waals surface area contributed by atoms with Gasteiger partial charge in [-0.3, -0.25) is 4.79 Å². The maximum absolute atomic E-state index is 11.6. The largest absolute Gasteiger partial charge is 0.493 e. The SMILES string of the molecule is C=CCc1cc(-c2ccccc2)cc(C=O)c1OCCCCCC. The molecule has 2 nitrogen and oxygen atoms in total. The van der Waals surface area contributed by atoms with E-state index in [1.165, 1.54) is 12.8 Å². The molecule has 2 heteroatoms. The minimum Gasteiger partial charge on any atom is -0.493 e. The Bertz CT molecular complexity index is 659. The zero-order valence-corrected chi connectivity index (χ0v) is 14.5. The molecule has 0 aliphatic heterocycles. The molecule has 2 aromatic carbocycles. The topological polar surface area (TPSA) is 26.3 Å². The third-order valence-electron chi connectivity index (χ3n) is 4.04. The van der Waals surface area contributed by atoms with E-state index < -0.39 is 0 Å². The van der Waals surface area contributed by atoms with E-state index >= 15 is 0 Å². The van der Waals surface area contributed by atoms with Gasteiger partial charge in [-0.05, 0) is 41.7 Å². The lowest BCUT2D eigenvalue weighted by atomic mass is 9.97. The molecule has 0 spiro atoms. The van der Waals surface area contributed by atoms with Crippen molar-refractivity contribution in [3.63, 3.8) is 0 Å². The molecule has 2 rings (SSSR count). The molecule has 0 atom stereocenters. The van der Waals surface area contributed by atoms with E-state index in [1.807, 2.05) is 42.5 Å². The third kappa shape index (κ3) is 4.82. The molecule has 24 heavy (non-hydrogen) atoms. The van der Waals surface area contributed by atoms with Gasteiger partial charge >= 0.3 is 0 Å². The fourth-order valence-corrected chi connectivity index (χ4v) is 2.78. The maximum Gasteiger partial charge on any atom is 0.153 e. The van der Waals surface area contributed by atoms with E-state index in [9.17, 15) is 4.79 Å². The lowest BCUT2D eigenvalue weighted by Crippen LogP contribution is -2.04. The molecule has 0 bridgehead atoms. The molecular formula is C22H26O2. The number of aldehydes is 1. The number of unbranched alkanes of at least 4 members (excludes halogenated alkanes) is 3. The molecule has 2 aromatic rings. The zero-order valence-electron chi connectivity index (χ0n) is 14.5. The van der Waals surface area contributed by atoms with Crippen LogP contribution in [0.3, 0.4) is 0 Å². The van der Waals surface area contributed by atoms with Crippen molar-refractivity contribution >= 4 is 6.29 Å². The molecule has 0 radical (unpaired) electrons. The van der Waals surface area contributed by atoms with E-state index in [-0.39, 0.29) is 0 Å². The summed E-state index contributed by atoms with van der Waals surface area (Å²) in [6.07, 6.45) is 8.02. The molecule has 0 aromatic heterocycles. The van der Waals surface area contributed by atoms with Gasteiger partial charge in [0.25, 0.3) is 0 Å². The Balaban J connectivity index is 2.28. The molecule has 0 aliphatic rings. The van der Waals surface area contributed by atoms with Gasteiger partial charge < -0.3 is 4.74 Å². The molecular weight excluding hydrogens is 296 g/mol. The summed E-state index contributed by atoms with van der Waals surface area (Å²) in [5.41, 5.74) is 3.76. The van der Waals surface area contributed by atoms with Crippen LogP contribution in [-0.2, 0) is 6.42 Å². The van der Waals surface area contributed by atoms with Crippen LogP contribution in [0.2, 0.25) is 0 Å². The van der Waals surface area contributed by atoms with Gasteiger partial charge in [-0.15, -0.1) is 6.58 Å². The lowest BCUT2D eigenvalue weighted by Gasteiger charge is -2.15. The molecule has 0 unspecified atom stereocenters. The maximum atomic E-state index is 11.6. The molecule has 0 aliphatic carbocycles.